The van der Waals surface area contributed by atoms with Gasteiger partial charge in [-0.05, 0) is 30.5 Å². The molecule has 4 rings (SSSR count). The van der Waals surface area contributed by atoms with Gasteiger partial charge in [-0.15, -0.1) is 0 Å². The number of halogens is 2. The Morgan fingerprint density at radius 2 is 1.79 bits per heavy atom. The lowest BCUT2D eigenvalue weighted by Gasteiger charge is -2.39. The Bertz CT molecular complexity index is 800. The van der Waals surface area contributed by atoms with Gasteiger partial charge in [0.15, 0.2) is 0 Å². The minimum absolute atomic E-state index is 0.0827. The van der Waals surface area contributed by atoms with Gasteiger partial charge in [0.2, 0.25) is 5.91 Å². The number of piperazine rings is 1. The van der Waals surface area contributed by atoms with Crippen molar-refractivity contribution in [3.8, 4) is 0 Å². The zero-order valence-corrected chi connectivity index (χ0v) is 16.5. The van der Waals surface area contributed by atoms with Crippen molar-refractivity contribution >= 4 is 17.5 Å². The van der Waals surface area contributed by atoms with Crippen LogP contribution in [-0.4, -0.2) is 47.9 Å². The van der Waals surface area contributed by atoms with Crippen LogP contribution in [0.4, 0.5) is 4.39 Å². The third kappa shape index (κ3) is 4.54. The van der Waals surface area contributed by atoms with Crippen LogP contribution in [0.2, 0.25) is 5.02 Å². The van der Waals surface area contributed by atoms with E-state index < -0.39 is 0 Å². The molecule has 2 fully saturated rings. The normalized spacial score (nSPS) is 19.4. The van der Waals surface area contributed by atoms with Crippen LogP contribution in [0.15, 0.2) is 48.5 Å². The van der Waals surface area contributed by atoms with Crippen LogP contribution < -0.4 is 5.32 Å². The summed E-state index contributed by atoms with van der Waals surface area (Å²) in [5.41, 5.74) is 1.56. The van der Waals surface area contributed by atoms with Crippen molar-refractivity contribution in [3.05, 3.63) is 70.5 Å². The second kappa shape index (κ2) is 8.60. The SMILES string of the molecule is O=C(NC1CC1)[C@H](c1ccccc1)N1CCN(Cc2c(F)cccc2Cl)CC1. The molecule has 28 heavy (non-hydrogen) atoms. The summed E-state index contributed by atoms with van der Waals surface area (Å²) in [4.78, 5) is 17.3. The Morgan fingerprint density at radius 3 is 2.43 bits per heavy atom. The van der Waals surface area contributed by atoms with Gasteiger partial charge in [-0.25, -0.2) is 4.39 Å². The predicted molar refractivity (Wildman–Crippen MR) is 109 cm³/mol. The Morgan fingerprint density at radius 1 is 1.07 bits per heavy atom. The summed E-state index contributed by atoms with van der Waals surface area (Å²) in [6.07, 6.45) is 2.15. The quantitative estimate of drug-likeness (QED) is 0.803. The Labute approximate surface area is 170 Å². The molecule has 0 bridgehead atoms. The fourth-order valence-corrected chi connectivity index (χ4v) is 3.98. The summed E-state index contributed by atoms with van der Waals surface area (Å²) >= 11 is 6.17. The first-order valence-corrected chi connectivity index (χ1v) is 10.2. The fourth-order valence-electron chi connectivity index (χ4n) is 3.76. The second-order valence-corrected chi connectivity index (χ2v) is 8.02. The highest BCUT2D eigenvalue weighted by Gasteiger charge is 2.33. The maximum Gasteiger partial charge on any atom is 0.242 e. The average Bonchev–Trinajstić information content (AvgIpc) is 3.51. The minimum atomic E-state index is -0.277. The molecule has 1 saturated heterocycles. The number of nitrogens with zero attached hydrogens (tertiary/aromatic N) is 2. The number of carbonyl (C=O) groups is 1. The van der Waals surface area contributed by atoms with E-state index in [1.165, 1.54) is 6.07 Å². The molecule has 0 radical (unpaired) electrons. The molecule has 1 atom stereocenters. The monoisotopic (exact) mass is 401 g/mol. The van der Waals surface area contributed by atoms with Crippen molar-refractivity contribution in [2.75, 3.05) is 26.2 Å². The standard InChI is InChI=1S/C22H25ClFN3O/c23-19-7-4-8-20(24)18(19)15-26-11-13-27(14-12-26)21(16-5-2-1-3-6-16)22(28)25-17-9-10-17/h1-8,17,21H,9-15H2,(H,25,28)/t21-/m0/s1. The molecule has 148 valence electrons. The van der Waals surface area contributed by atoms with Crippen LogP contribution in [0, 0.1) is 5.82 Å². The largest absolute Gasteiger partial charge is 0.352 e. The van der Waals surface area contributed by atoms with Crippen molar-refractivity contribution in [1.82, 2.24) is 15.1 Å². The average molecular weight is 402 g/mol. The summed E-state index contributed by atoms with van der Waals surface area (Å²) in [5, 5.41) is 3.62. The van der Waals surface area contributed by atoms with Gasteiger partial charge in [-0.2, -0.15) is 0 Å². The molecular formula is C22H25ClFN3O. The molecule has 1 aliphatic heterocycles. The van der Waals surface area contributed by atoms with E-state index in [2.05, 4.69) is 15.1 Å². The van der Waals surface area contributed by atoms with Gasteiger partial charge in [-0.1, -0.05) is 48.0 Å². The van der Waals surface area contributed by atoms with E-state index in [1.807, 2.05) is 30.3 Å². The van der Waals surface area contributed by atoms with E-state index in [0.717, 1.165) is 44.6 Å². The lowest BCUT2D eigenvalue weighted by molar-refractivity contribution is -0.127. The first-order chi connectivity index (χ1) is 13.6. The van der Waals surface area contributed by atoms with Crippen molar-refractivity contribution < 1.29 is 9.18 Å². The fraction of sp³-hybridized carbons (Fsp3) is 0.409. The summed E-state index contributed by atoms with van der Waals surface area (Å²) in [6.45, 7) is 3.53. The van der Waals surface area contributed by atoms with E-state index in [0.29, 0.717) is 23.2 Å². The molecule has 2 aliphatic rings. The third-order valence-electron chi connectivity index (χ3n) is 5.50. The van der Waals surface area contributed by atoms with Crippen LogP contribution in [0.5, 0.6) is 0 Å². The van der Waals surface area contributed by atoms with E-state index in [9.17, 15) is 9.18 Å². The Balaban J connectivity index is 1.43. The molecule has 0 spiro atoms. The first-order valence-electron chi connectivity index (χ1n) is 9.86. The molecule has 1 N–H and O–H groups in total. The lowest BCUT2D eigenvalue weighted by Crippen LogP contribution is -2.51. The third-order valence-corrected chi connectivity index (χ3v) is 5.86. The molecule has 2 aromatic rings. The molecule has 0 unspecified atom stereocenters. The van der Waals surface area contributed by atoms with Gasteiger partial charge < -0.3 is 5.32 Å². The zero-order chi connectivity index (χ0) is 19.5. The molecule has 6 heteroatoms. The number of hydrogen-bond acceptors (Lipinski definition) is 3. The number of nitrogens with one attached hydrogen (secondary N) is 1. The maximum atomic E-state index is 14.1. The highest BCUT2D eigenvalue weighted by Crippen LogP contribution is 2.27. The van der Waals surface area contributed by atoms with Gasteiger partial charge in [0.05, 0.1) is 0 Å². The molecular weight excluding hydrogens is 377 g/mol. The highest BCUT2D eigenvalue weighted by atomic mass is 35.5. The highest BCUT2D eigenvalue weighted by molar-refractivity contribution is 6.31. The van der Waals surface area contributed by atoms with Crippen molar-refractivity contribution in [2.45, 2.75) is 31.5 Å². The molecule has 2 aromatic carbocycles. The molecule has 1 aliphatic carbocycles. The van der Waals surface area contributed by atoms with E-state index in [-0.39, 0.29) is 17.8 Å². The van der Waals surface area contributed by atoms with Crippen molar-refractivity contribution in [2.24, 2.45) is 0 Å². The first kappa shape index (κ1) is 19.4. The molecule has 4 nitrogen and oxygen atoms in total. The molecule has 1 heterocycles. The minimum Gasteiger partial charge on any atom is -0.352 e. The Hall–Kier alpha value is -1.95. The number of rotatable bonds is 6. The van der Waals surface area contributed by atoms with Crippen LogP contribution in [-0.2, 0) is 11.3 Å². The summed E-state index contributed by atoms with van der Waals surface area (Å²) in [5.74, 6) is -0.180. The maximum absolute atomic E-state index is 14.1. The molecule has 0 aromatic heterocycles. The van der Waals surface area contributed by atoms with Crippen LogP contribution in [0.1, 0.15) is 30.0 Å². The van der Waals surface area contributed by atoms with Crippen LogP contribution in [0.3, 0.4) is 0 Å². The van der Waals surface area contributed by atoms with E-state index in [1.54, 1.807) is 12.1 Å². The number of carbonyl (C=O) groups excluding carboxylic acids is 1. The predicted octanol–water partition coefficient (Wildman–Crippen LogP) is 3.62. The number of benzene rings is 2. The lowest BCUT2D eigenvalue weighted by atomic mass is 10.0. The Kier molecular flexibility index (Phi) is 5.95. The molecule has 1 saturated carbocycles. The zero-order valence-electron chi connectivity index (χ0n) is 15.8. The number of hydrogen-bond donors (Lipinski definition) is 1. The van der Waals surface area contributed by atoms with E-state index >= 15 is 0 Å². The van der Waals surface area contributed by atoms with Gasteiger partial charge in [0, 0.05) is 49.4 Å². The summed E-state index contributed by atoms with van der Waals surface area (Å²) < 4.78 is 14.1. The van der Waals surface area contributed by atoms with Gasteiger partial charge in [0.1, 0.15) is 11.9 Å². The van der Waals surface area contributed by atoms with Gasteiger partial charge >= 0.3 is 0 Å². The van der Waals surface area contributed by atoms with Crippen molar-refractivity contribution in [1.29, 1.82) is 0 Å². The summed E-state index contributed by atoms with van der Waals surface area (Å²) in [6, 6.07) is 14.8. The van der Waals surface area contributed by atoms with Gasteiger partial charge in [0.25, 0.3) is 0 Å². The smallest absolute Gasteiger partial charge is 0.242 e. The van der Waals surface area contributed by atoms with Crippen LogP contribution in [0.25, 0.3) is 0 Å². The molecule has 1 amide bonds. The van der Waals surface area contributed by atoms with Gasteiger partial charge in [-0.3, -0.25) is 14.6 Å². The summed E-state index contributed by atoms with van der Waals surface area (Å²) in [7, 11) is 0. The topological polar surface area (TPSA) is 35.6 Å². The number of amides is 1. The second-order valence-electron chi connectivity index (χ2n) is 7.61. The van der Waals surface area contributed by atoms with E-state index in [4.69, 9.17) is 11.6 Å². The van der Waals surface area contributed by atoms with Crippen molar-refractivity contribution in [3.63, 3.8) is 0 Å². The van der Waals surface area contributed by atoms with Crippen LogP contribution >= 0.6 is 11.6 Å².